The number of fused-ring (bicyclic) bond motifs is 1. The Balaban J connectivity index is 1.71. The Labute approximate surface area is 160 Å². The van der Waals surface area contributed by atoms with Gasteiger partial charge in [0.2, 0.25) is 0 Å². The zero-order valence-electron chi connectivity index (χ0n) is 15.3. The molecule has 9 heteroatoms. The molecule has 3 N–H and O–H groups in total. The number of amides is 2. The molecule has 0 saturated carbocycles. The number of alkyl halides is 2. The third-order valence-electron chi connectivity index (χ3n) is 4.82. The second-order valence-corrected chi connectivity index (χ2v) is 6.66. The van der Waals surface area contributed by atoms with E-state index in [1.807, 2.05) is 0 Å². The molecule has 0 bridgehead atoms. The molecule has 2 amide bonds. The monoisotopic (exact) mass is 393 g/mol. The largest absolute Gasteiger partial charge is 0.496 e. The maximum Gasteiger partial charge on any atom is 0.258 e. The lowest BCUT2D eigenvalue weighted by atomic mass is 9.97. The van der Waals surface area contributed by atoms with Gasteiger partial charge in [-0.3, -0.25) is 19.0 Å². The van der Waals surface area contributed by atoms with E-state index in [0.717, 1.165) is 0 Å². The van der Waals surface area contributed by atoms with Gasteiger partial charge in [0.05, 0.1) is 31.5 Å². The predicted octanol–water partition coefficient (Wildman–Crippen LogP) is 2.07. The summed E-state index contributed by atoms with van der Waals surface area (Å²) in [5.41, 5.74) is 3.92. The Hall–Kier alpha value is -2.97. The van der Waals surface area contributed by atoms with E-state index in [-0.39, 0.29) is 18.6 Å². The summed E-state index contributed by atoms with van der Waals surface area (Å²) in [6.07, 6.45) is 1.38. The van der Waals surface area contributed by atoms with Gasteiger partial charge in [-0.2, -0.15) is 0 Å². The van der Waals surface area contributed by atoms with Crippen LogP contribution in [0.15, 0.2) is 24.4 Å². The maximum absolute atomic E-state index is 14.3. The van der Waals surface area contributed by atoms with Gasteiger partial charge in [-0.1, -0.05) is 0 Å². The molecule has 0 spiro atoms. The van der Waals surface area contributed by atoms with Crippen LogP contribution in [0.5, 0.6) is 11.5 Å². The number of ether oxygens (including phenoxy) is 2. The van der Waals surface area contributed by atoms with Gasteiger partial charge in [0.15, 0.2) is 5.67 Å². The van der Waals surface area contributed by atoms with E-state index in [9.17, 15) is 18.4 Å². The van der Waals surface area contributed by atoms with Crippen LogP contribution < -0.4 is 20.5 Å². The van der Waals surface area contributed by atoms with Crippen molar-refractivity contribution >= 4 is 22.7 Å². The molecular formula is C19H21F2N3O4. The van der Waals surface area contributed by atoms with Crippen LogP contribution in [0, 0.1) is 0 Å². The Morgan fingerprint density at radius 2 is 2.21 bits per heavy atom. The molecular weight excluding hydrogens is 372 g/mol. The van der Waals surface area contributed by atoms with Crippen LogP contribution in [-0.2, 0) is 4.79 Å². The highest BCUT2D eigenvalue weighted by Gasteiger charge is 2.46. The lowest BCUT2D eigenvalue weighted by molar-refractivity contribution is -0.129. The molecule has 1 saturated heterocycles. The van der Waals surface area contributed by atoms with E-state index < -0.39 is 36.6 Å². The van der Waals surface area contributed by atoms with Gasteiger partial charge >= 0.3 is 0 Å². The van der Waals surface area contributed by atoms with Crippen molar-refractivity contribution in [1.82, 2.24) is 10.3 Å². The van der Waals surface area contributed by atoms with Gasteiger partial charge in [-0.15, -0.1) is 0 Å². The number of carbonyl (C=O) groups excluding carboxylic acids is 2. The fourth-order valence-corrected chi connectivity index (χ4v) is 3.33. The average molecular weight is 393 g/mol. The molecule has 1 aliphatic heterocycles. The minimum atomic E-state index is -2.15. The van der Waals surface area contributed by atoms with Gasteiger partial charge in [0, 0.05) is 36.9 Å². The molecule has 2 atom stereocenters. The SMILES string of the molecule is COc1cc2c(OCC[C@@H]3C[C@@](F)(CCF)C(=O)N3)ccnc2cc1C(N)=O. The van der Waals surface area contributed by atoms with Gasteiger partial charge in [0.25, 0.3) is 11.8 Å². The number of nitrogens with two attached hydrogens (primary N) is 1. The van der Waals surface area contributed by atoms with Gasteiger partial charge < -0.3 is 20.5 Å². The van der Waals surface area contributed by atoms with E-state index in [2.05, 4.69) is 10.3 Å². The quantitative estimate of drug-likeness (QED) is 0.715. The molecule has 1 aromatic carbocycles. The summed E-state index contributed by atoms with van der Waals surface area (Å²) >= 11 is 0. The Morgan fingerprint density at radius 1 is 1.43 bits per heavy atom. The number of primary amides is 1. The van der Waals surface area contributed by atoms with Crippen LogP contribution in [0.2, 0.25) is 0 Å². The van der Waals surface area contributed by atoms with Crippen LogP contribution in [0.1, 0.15) is 29.6 Å². The first kappa shape index (κ1) is 19.8. The lowest BCUT2D eigenvalue weighted by Gasteiger charge is -2.15. The predicted molar refractivity (Wildman–Crippen MR) is 97.9 cm³/mol. The zero-order chi connectivity index (χ0) is 20.3. The van der Waals surface area contributed by atoms with E-state index in [1.54, 1.807) is 12.1 Å². The first-order valence-electron chi connectivity index (χ1n) is 8.83. The average Bonchev–Trinajstić information content (AvgIpc) is 2.94. The summed E-state index contributed by atoms with van der Waals surface area (Å²) in [5, 5.41) is 3.17. The molecule has 2 aromatic rings. The number of nitrogens with zero attached hydrogens (tertiary/aromatic N) is 1. The molecule has 28 heavy (non-hydrogen) atoms. The number of halogens is 2. The topological polar surface area (TPSA) is 104 Å². The van der Waals surface area contributed by atoms with E-state index >= 15 is 0 Å². The van der Waals surface area contributed by atoms with Crippen molar-refractivity contribution in [2.45, 2.75) is 31.0 Å². The molecule has 150 valence electrons. The van der Waals surface area contributed by atoms with Crippen molar-refractivity contribution in [2.24, 2.45) is 5.73 Å². The number of hydrogen-bond donors (Lipinski definition) is 2. The van der Waals surface area contributed by atoms with Crippen LogP contribution in [0.4, 0.5) is 8.78 Å². The summed E-state index contributed by atoms with van der Waals surface area (Å²) in [4.78, 5) is 27.5. The number of carbonyl (C=O) groups is 2. The summed E-state index contributed by atoms with van der Waals surface area (Å²) in [5.74, 6) is -0.603. The standard InChI is InChI=1S/C19H21F2N3O4/c1-27-16-9-12-14(8-13(16)17(22)25)23-6-2-15(12)28-7-3-11-10-19(21,4-5-20)18(26)24-11/h2,6,8-9,11H,3-5,7,10H2,1H3,(H2,22,25)(H,24,26)/t11-,19+/m1/s1. The summed E-state index contributed by atoms with van der Waals surface area (Å²) in [6, 6.07) is 4.37. The Morgan fingerprint density at radius 3 is 2.89 bits per heavy atom. The van der Waals surface area contributed by atoms with Crippen molar-refractivity contribution in [2.75, 3.05) is 20.4 Å². The molecule has 0 unspecified atom stereocenters. The number of rotatable bonds is 8. The normalized spacial score (nSPS) is 21.5. The molecule has 2 heterocycles. The van der Waals surface area contributed by atoms with Crippen LogP contribution in [-0.4, -0.2) is 48.9 Å². The Bertz CT molecular complexity index is 908. The highest BCUT2D eigenvalue weighted by atomic mass is 19.1. The highest BCUT2D eigenvalue weighted by Crippen LogP contribution is 2.32. The highest BCUT2D eigenvalue weighted by molar-refractivity contribution is 6.01. The van der Waals surface area contributed by atoms with E-state index in [4.69, 9.17) is 15.2 Å². The van der Waals surface area contributed by atoms with Crippen molar-refractivity contribution in [3.05, 3.63) is 30.0 Å². The number of aromatic nitrogens is 1. The van der Waals surface area contributed by atoms with E-state index in [0.29, 0.717) is 28.8 Å². The zero-order valence-corrected chi connectivity index (χ0v) is 15.3. The third-order valence-corrected chi connectivity index (χ3v) is 4.82. The van der Waals surface area contributed by atoms with Gasteiger partial charge in [0.1, 0.15) is 11.5 Å². The minimum Gasteiger partial charge on any atom is -0.496 e. The third kappa shape index (κ3) is 3.83. The molecule has 1 aromatic heterocycles. The number of pyridine rings is 1. The second-order valence-electron chi connectivity index (χ2n) is 6.66. The van der Waals surface area contributed by atoms with Crippen molar-refractivity contribution in [3.8, 4) is 11.5 Å². The fourth-order valence-electron chi connectivity index (χ4n) is 3.33. The molecule has 7 nitrogen and oxygen atoms in total. The summed E-state index contributed by atoms with van der Waals surface area (Å²) in [7, 11) is 1.42. The van der Waals surface area contributed by atoms with E-state index in [1.165, 1.54) is 19.4 Å². The first-order chi connectivity index (χ1) is 13.4. The summed E-state index contributed by atoms with van der Waals surface area (Å²) < 4.78 is 37.8. The smallest absolute Gasteiger partial charge is 0.258 e. The van der Waals surface area contributed by atoms with Gasteiger partial charge in [-0.05, 0) is 18.2 Å². The van der Waals surface area contributed by atoms with Crippen molar-refractivity contribution in [3.63, 3.8) is 0 Å². The lowest BCUT2D eigenvalue weighted by Crippen LogP contribution is -2.34. The maximum atomic E-state index is 14.3. The Kier molecular flexibility index (Phi) is 5.62. The number of hydrogen-bond acceptors (Lipinski definition) is 5. The molecule has 0 aliphatic carbocycles. The van der Waals surface area contributed by atoms with Gasteiger partial charge in [-0.25, -0.2) is 4.39 Å². The van der Waals surface area contributed by atoms with Crippen molar-refractivity contribution in [1.29, 1.82) is 0 Å². The fraction of sp³-hybridized carbons (Fsp3) is 0.421. The molecule has 1 fully saturated rings. The molecule has 0 radical (unpaired) electrons. The van der Waals surface area contributed by atoms with Crippen LogP contribution >= 0.6 is 0 Å². The molecule has 3 rings (SSSR count). The minimum absolute atomic E-state index is 0.0774. The number of nitrogens with one attached hydrogen (secondary N) is 1. The first-order valence-corrected chi connectivity index (χ1v) is 8.83. The second kappa shape index (κ2) is 7.95. The summed E-state index contributed by atoms with van der Waals surface area (Å²) in [6.45, 7) is -0.680. The van der Waals surface area contributed by atoms with Crippen LogP contribution in [0.25, 0.3) is 10.9 Å². The molecule has 1 aliphatic rings. The van der Waals surface area contributed by atoms with Crippen LogP contribution in [0.3, 0.4) is 0 Å². The number of methoxy groups -OCH3 is 1. The van der Waals surface area contributed by atoms with Crippen molar-refractivity contribution < 1.29 is 27.8 Å². The number of benzene rings is 1.